The monoisotopic (exact) mass is 470 g/mol. The van der Waals surface area contributed by atoms with E-state index in [1.807, 2.05) is 20.8 Å². The van der Waals surface area contributed by atoms with Crippen molar-refractivity contribution in [2.24, 2.45) is 0 Å². The molecular formula is C23H26N4O7. The van der Waals surface area contributed by atoms with E-state index in [0.29, 0.717) is 23.0 Å². The van der Waals surface area contributed by atoms with Crippen LogP contribution in [0, 0.1) is 10.1 Å². The summed E-state index contributed by atoms with van der Waals surface area (Å²) in [5, 5.41) is 18.3. The van der Waals surface area contributed by atoms with Crippen LogP contribution in [0.1, 0.15) is 37.0 Å². The molecular weight excluding hydrogens is 444 g/mol. The smallest absolute Gasteiger partial charge is 0.286 e. The molecule has 3 aromatic rings. The summed E-state index contributed by atoms with van der Waals surface area (Å²) in [4.78, 5) is 28.2. The summed E-state index contributed by atoms with van der Waals surface area (Å²) in [7, 11) is 2.89. The number of carbonyl (C=O) groups is 1. The molecule has 0 aliphatic carbocycles. The molecule has 0 saturated heterocycles. The number of benzene rings is 2. The molecule has 0 saturated carbocycles. The van der Waals surface area contributed by atoms with Gasteiger partial charge in [0.15, 0.2) is 11.5 Å². The molecule has 1 amide bonds. The Morgan fingerprint density at radius 3 is 2.38 bits per heavy atom. The van der Waals surface area contributed by atoms with Gasteiger partial charge in [-0.05, 0) is 24.3 Å². The SMILES string of the molecule is COCCOc1cc([N+](=O)[O-])c(C(=O)Nc2ccc(-c3noc(C(C)(C)C)n3)cc2)cc1OC. The van der Waals surface area contributed by atoms with Crippen molar-refractivity contribution < 1.29 is 28.5 Å². The number of carbonyl (C=O) groups excluding carboxylic acids is 1. The standard InChI is InChI=1S/C23H26N4O7/c1-23(2,3)22-25-20(26-34-22)14-6-8-15(9-7-14)24-21(28)16-12-18(32-5)19(33-11-10-31-4)13-17(16)27(29)30/h6-9,12-13H,10-11H2,1-5H3,(H,24,28). The molecule has 0 spiro atoms. The first-order valence-corrected chi connectivity index (χ1v) is 10.4. The zero-order chi connectivity index (χ0) is 24.9. The first-order chi connectivity index (χ1) is 16.1. The first-order valence-electron chi connectivity index (χ1n) is 10.4. The average molecular weight is 470 g/mol. The third kappa shape index (κ3) is 5.67. The largest absolute Gasteiger partial charge is 0.493 e. The molecule has 2 aromatic carbocycles. The highest BCUT2D eigenvalue weighted by Gasteiger charge is 2.25. The highest BCUT2D eigenvalue weighted by molar-refractivity contribution is 6.07. The normalized spacial score (nSPS) is 11.2. The predicted molar refractivity (Wildman–Crippen MR) is 123 cm³/mol. The number of nitrogens with zero attached hydrogens (tertiary/aromatic N) is 3. The molecule has 0 radical (unpaired) electrons. The Balaban J connectivity index is 1.81. The molecule has 3 rings (SSSR count). The van der Waals surface area contributed by atoms with Gasteiger partial charge in [0.1, 0.15) is 12.2 Å². The molecule has 1 aromatic heterocycles. The number of amides is 1. The fraction of sp³-hybridized carbons (Fsp3) is 0.348. The number of nitrogens with one attached hydrogen (secondary N) is 1. The van der Waals surface area contributed by atoms with Crippen LogP contribution in [-0.4, -0.2) is 48.4 Å². The van der Waals surface area contributed by atoms with Crippen molar-refractivity contribution >= 4 is 17.3 Å². The summed E-state index contributed by atoms with van der Waals surface area (Å²) in [6.45, 7) is 6.36. The molecule has 0 unspecified atom stereocenters. The van der Waals surface area contributed by atoms with E-state index >= 15 is 0 Å². The number of ether oxygens (including phenoxy) is 3. The van der Waals surface area contributed by atoms with Crippen molar-refractivity contribution in [2.75, 3.05) is 32.8 Å². The van der Waals surface area contributed by atoms with Crippen LogP contribution in [0.25, 0.3) is 11.4 Å². The fourth-order valence-electron chi connectivity index (χ4n) is 2.94. The highest BCUT2D eigenvalue weighted by atomic mass is 16.6. The van der Waals surface area contributed by atoms with Crippen LogP contribution in [0.15, 0.2) is 40.9 Å². The Bertz CT molecular complexity index is 1170. The zero-order valence-electron chi connectivity index (χ0n) is 19.6. The third-order valence-electron chi connectivity index (χ3n) is 4.74. The number of methoxy groups -OCH3 is 2. The summed E-state index contributed by atoms with van der Waals surface area (Å²) in [6, 6.07) is 9.16. The van der Waals surface area contributed by atoms with Crippen LogP contribution in [0.5, 0.6) is 11.5 Å². The molecule has 1 N–H and O–H groups in total. The lowest BCUT2D eigenvalue weighted by Gasteiger charge is -2.13. The third-order valence-corrected chi connectivity index (χ3v) is 4.74. The molecule has 0 fully saturated rings. The second-order valence-electron chi connectivity index (χ2n) is 8.32. The lowest BCUT2D eigenvalue weighted by molar-refractivity contribution is -0.385. The van der Waals surface area contributed by atoms with Gasteiger partial charge in [-0.15, -0.1) is 0 Å². The zero-order valence-corrected chi connectivity index (χ0v) is 19.6. The Kier molecular flexibility index (Phi) is 7.47. The van der Waals surface area contributed by atoms with Crippen LogP contribution in [0.4, 0.5) is 11.4 Å². The van der Waals surface area contributed by atoms with Gasteiger partial charge in [-0.3, -0.25) is 14.9 Å². The van der Waals surface area contributed by atoms with Gasteiger partial charge in [-0.1, -0.05) is 25.9 Å². The first kappa shape index (κ1) is 24.6. The molecule has 180 valence electrons. The lowest BCUT2D eigenvalue weighted by atomic mass is 9.97. The Labute approximate surface area is 196 Å². The molecule has 0 aliphatic heterocycles. The van der Waals surface area contributed by atoms with E-state index in [-0.39, 0.29) is 35.7 Å². The molecule has 11 heteroatoms. The molecule has 34 heavy (non-hydrogen) atoms. The Morgan fingerprint density at radius 1 is 1.12 bits per heavy atom. The number of aromatic nitrogens is 2. The lowest BCUT2D eigenvalue weighted by Crippen LogP contribution is -2.15. The minimum absolute atomic E-state index is 0.141. The molecule has 0 bridgehead atoms. The van der Waals surface area contributed by atoms with Gasteiger partial charge in [0.05, 0.1) is 24.7 Å². The molecule has 0 atom stereocenters. The number of nitro benzene ring substituents is 1. The number of nitro groups is 1. The minimum Gasteiger partial charge on any atom is -0.493 e. The van der Waals surface area contributed by atoms with Crippen LogP contribution in [0.2, 0.25) is 0 Å². The second-order valence-corrected chi connectivity index (χ2v) is 8.32. The quantitative estimate of drug-likeness (QED) is 0.276. The number of hydrogen-bond acceptors (Lipinski definition) is 9. The number of rotatable bonds is 9. The molecule has 1 heterocycles. The summed E-state index contributed by atoms with van der Waals surface area (Å²) in [6.07, 6.45) is 0. The maximum absolute atomic E-state index is 12.9. The summed E-state index contributed by atoms with van der Waals surface area (Å²) >= 11 is 0. The van der Waals surface area contributed by atoms with Gasteiger partial charge < -0.3 is 24.1 Å². The maximum atomic E-state index is 12.9. The van der Waals surface area contributed by atoms with Crippen molar-refractivity contribution in [3.8, 4) is 22.9 Å². The molecule has 0 aliphatic rings. The van der Waals surface area contributed by atoms with Crippen molar-refractivity contribution in [3.05, 3.63) is 58.0 Å². The van der Waals surface area contributed by atoms with E-state index in [4.69, 9.17) is 18.7 Å². The van der Waals surface area contributed by atoms with E-state index in [1.54, 1.807) is 24.3 Å². The Morgan fingerprint density at radius 2 is 1.82 bits per heavy atom. The Hall–Kier alpha value is -3.99. The van der Waals surface area contributed by atoms with E-state index in [9.17, 15) is 14.9 Å². The molecule has 11 nitrogen and oxygen atoms in total. The van der Waals surface area contributed by atoms with Crippen LogP contribution < -0.4 is 14.8 Å². The summed E-state index contributed by atoms with van der Waals surface area (Å²) < 4.78 is 21.0. The highest BCUT2D eigenvalue weighted by Crippen LogP contribution is 2.35. The van der Waals surface area contributed by atoms with Gasteiger partial charge in [0.25, 0.3) is 11.6 Å². The average Bonchev–Trinajstić information content (AvgIpc) is 3.30. The summed E-state index contributed by atoms with van der Waals surface area (Å²) in [5.74, 6) is 0.592. The van der Waals surface area contributed by atoms with Crippen LogP contribution >= 0.6 is 0 Å². The van der Waals surface area contributed by atoms with Crippen molar-refractivity contribution in [1.82, 2.24) is 10.1 Å². The van der Waals surface area contributed by atoms with Gasteiger partial charge in [0.2, 0.25) is 11.7 Å². The minimum atomic E-state index is -0.671. The maximum Gasteiger partial charge on any atom is 0.286 e. The van der Waals surface area contributed by atoms with Crippen molar-refractivity contribution in [3.63, 3.8) is 0 Å². The van der Waals surface area contributed by atoms with Crippen LogP contribution in [-0.2, 0) is 10.2 Å². The van der Waals surface area contributed by atoms with Gasteiger partial charge in [-0.2, -0.15) is 4.98 Å². The summed E-state index contributed by atoms with van der Waals surface area (Å²) in [5.41, 5.74) is 0.269. The number of anilines is 1. The van der Waals surface area contributed by atoms with E-state index in [1.165, 1.54) is 20.3 Å². The van der Waals surface area contributed by atoms with Crippen molar-refractivity contribution in [2.45, 2.75) is 26.2 Å². The fourth-order valence-corrected chi connectivity index (χ4v) is 2.94. The van der Waals surface area contributed by atoms with E-state index in [2.05, 4.69) is 15.5 Å². The van der Waals surface area contributed by atoms with Gasteiger partial charge in [-0.25, -0.2) is 0 Å². The van der Waals surface area contributed by atoms with Crippen molar-refractivity contribution in [1.29, 1.82) is 0 Å². The van der Waals surface area contributed by atoms with Gasteiger partial charge >= 0.3 is 0 Å². The predicted octanol–water partition coefficient (Wildman–Crippen LogP) is 4.23. The van der Waals surface area contributed by atoms with E-state index < -0.39 is 16.5 Å². The van der Waals surface area contributed by atoms with Crippen LogP contribution in [0.3, 0.4) is 0 Å². The number of hydrogen-bond donors (Lipinski definition) is 1. The van der Waals surface area contributed by atoms with Gasteiger partial charge in [0, 0.05) is 29.8 Å². The topological polar surface area (TPSA) is 139 Å². The van der Waals surface area contributed by atoms with E-state index in [0.717, 1.165) is 6.07 Å². The second kappa shape index (κ2) is 10.3.